The van der Waals surface area contributed by atoms with Crippen LogP contribution >= 0.6 is 0 Å². The molecule has 9 heteroatoms. The molecule has 170 valence electrons. The van der Waals surface area contributed by atoms with Crippen molar-refractivity contribution in [1.82, 2.24) is 19.4 Å². The zero-order valence-corrected chi connectivity index (χ0v) is 18.7. The van der Waals surface area contributed by atoms with Crippen LogP contribution in [0.3, 0.4) is 0 Å². The largest absolute Gasteiger partial charge is 0.493 e. The first-order chi connectivity index (χ1) is 15.5. The summed E-state index contributed by atoms with van der Waals surface area (Å²) in [4.78, 5) is 24.2. The molecule has 0 spiro atoms. The molecule has 3 heterocycles. The van der Waals surface area contributed by atoms with Crippen molar-refractivity contribution in [2.45, 2.75) is 32.0 Å². The average Bonchev–Trinajstić information content (AvgIpc) is 3.26. The molecule has 0 radical (unpaired) electrons. The number of morpholine rings is 1. The molecular weight excluding hydrogens is 412 g/mol. The molecule has 4 rings (SSSR count). The number of rotatable bonds is 6. The first-order valence-corrected chi connectivity index (χ1v) is 10.6. The summed E-state index contributed by atoms with van der Waals surface area (Å²) >= 11 is 0. The maximum absolute atomic E-state index is 13.6. The molecule has 32 heavy (non-hydrogen) atoms. The van der Waals surface area contributed by atoms with E-state index in [0.717, 1.165) is 11.2 Å². The number of imidazole rings is 1. The Morgan fingerprint density at radius 2 is 2.00 bits per heavy atom. The van der Waals surface area contributed by atoms with E-state index in [4.69, 9.17) is 14.2 Å². The van der Waals surface area contributed by atoms with E-state index in [9.17, 15) is 9.90 Å². The van der Waals surface area contributed by atoms with E-state index in [1.54, 1.807) is 43.8 Å². The van der Waals surface area contributed by atoms with Gasteiger partial charge >= 0.3 is 0 Å². The van der Waals surface area contributed by atoms with Gasteiger partial charge in [0.05, 0.1) is 45.4 Å². The molecule has 0 bridgehead atoms. The van der Waals surface area contributed by atoms with Gasteiger partial charge in [0.2, 0.25) is 0 Å². The summed E-state index contributed by atoms with van der Waals surface area (Å²) in [6.07, 6.45) is 2.75. The molecule has 1 saturated heterocycles. The number of aliphatic hydroxyl groups excluding tert-OH is 1. The van der Waals surface area contributed by atoms with Crippen molar-refractivity contribution >= 4 is 17.1 Å². The van der Waals surface area contributed by atoms with Crippen LogP contribution in [-0.2, 0) is 4.74 Å². The molecule has 1 fully saturated rings. The third-order valence-corrected chi connectivity index (χ3v) is 5.76. The van der Waals surface area contributed by atoms with E-state index in [-0.39, 0.29) is 18.6 Å². The molecule has 1 aliphatic heterocycles. The second-order valence-electron chi connectivity index (χ2n) is 7.96. The van der Waals surface area contributed by atoms with Gasteiger partial charge in [0.1, 0.15) is 11.6 Å². The second kappa shape index (κ2) is 9.13. The lowest BCUT2D eigenvalue weighted by atomic mass is 9.97. The van der Waals surface area contributed by atoms with Crippen molar-refractivity contribution in [1.29, 1.82) is 0 Å². The number of carbonyl (C=O) groups excluding carboxylic acids is 1. The summed E-state index contributed by atoms with van der Waals surface area (Å²) in [5, 5.41) is 9.97. The predicted octanol–water partition coefficient (Wildman–Crippen LogP) is 2.60. The Hall–Kier alpha value is -3.17. The first-order valence-electron chi connectivity index (χ1n) is 10.6. The molecule has 1 aliphatic rings. The summed E-state index contributed by atoms with van der Waals surface area (Å²) < 4.78 is 18.5. The number of pyridine rings is 1. The van der Waals surface area contributed by atoms with Crippen molar-refractivity contribution in [2.24, 2.45) is 0 Å². The van der Waals surface area contributed by atoms with Crippen molar-refractivity contribution in [3.8, 4) is 11.5 Å². The van der Waals surface area contributed by atoms with E-state index < -0.39 is 12.1 Å². The van der Waals surface area contributed by atoms with E-state index in [2.05, 4.69) is 23.8 Å². The van der Waals surface area contributed by atoms with Crippen molar-refractivity contribution in [2.75, 3.05) is 34.0 Å². The quantitative estimate of drug-likeness (QED) is 0.629. The van der Waals surface area contributed by atoms with Gasteiger partial charge in [-0.3, -0.25) is 4.79 Å². The Kier molecular flexibility index (Phi) is 6.29. The molecule has 2 atom stereocenters. The van der Waals surface area contributed by atoms with Gasteiger partial charge in [0.15, 0.2) is 17.1 Å². The minimum absolute atomic E-state index is 0.194. The molecule has 0 saturated carbocycles. The van der Waals surface area contributed by atoms with Crippen LogP contribution in [0.15, 0.2) is 36.8 Å². The fourth-order valence-corrected chi connectivity index (χ4v) is 4.12. The maximum Gasteiger partial charge on any atom is 0.256 e. The van der Waals surface area contributed by atoms with Crippen LogP contribution in [0, 0.1) is 0 Å². The molecule has 1 aromatic carbocycles. The Bertz CT molecular complexity index is 1110. The average molecular weight is 441 g/mol. The lowest BCUT2D eigenvalue weighted by Gasteiger charge is -2.41. The number of hydrogen-bond acceptors (Lipinski definition) is 7. The molecule has 2 aromatic heterocycles. The number of carbonyl (C=O) groups is 1. The monoisotopic (exact) mass is 440 g/mol. The zero-order valence-electron chi connectivity index (χ0n) is 18.7. The number of methoxy groups -OCH3 is 2. The summed E-state index contributed by atoms with van der Waals surface area (Å²) in [6.45, 7) is 4.60. The molecule has 3 aromatic rings. The molecule has 1 amide bonds. The van der Waals surface area contributed by atoms with E-state index in [1.807, 2.05) is 16.7 Å². The van der Waals surface area contributed by atoms with Crippen molar-refractivity contribution in [3.63, 3.8) is 0 Å². The van der Waals surface area contributed by atoms with Crippen LogP contribution in [0.1, 0.15) is 41.9 Å². The lowest BCUT2D eigenvalue weighted by Crippen LogP contribution is -2.49. The fraction of sp³-hybridized carbons (Fsp3) is 0.435. The highest BCUT2D eigenvalue weighted by Crippen LogP contribution is 2.36. The summed E-state index contributed by atoms with van der Waals surface area (Å²) in [5.41, 5.74) is 2.63. The van der Waals surface area contributed by atoms with Crippen LogP contribution in [0.4, 0.5) is 0 Å². The van der Waals surface area contributed by atoms with E-state index in [0.29, 0.717) is 35.7 Å². The smallest absolute Gasteiger partial charge is 0.256 e. The standard InChI is InChI=1S/C23H28N4O5/c1-14(2)27-13-25-17-9-16(11-24-22(17)27)23(29)26-7-8-32-20(12-28)21(26)15-5-6-18(30-3)19(10-15)31-4/h5-6,9-11,13-14,20-21,28H,7-8,12H2,1-4H3/t20-,21-/m0/s1. The second-order valence-corrected chi connectivity index (χ2v) is 7.96. The van der Waals surface area contributed by atoms with Crippen molar-refractivity contribution < 1.29 is 24.1 Å². The topological polar surface area (TPSA) is 98.9 Å². The van der Waals surface area contributed by atoms with Gasteiger partial charge in [-0.25, -0.2) is 9.97 Å². The summed E-state index contributed by atoms with van der Waals surface area (Å²) in [5.74, 6) is 0.934. The zero-order chi connectivity index (χ0) is 22.8. The van der Waals surface area contributed by atoms with Crippen LogP contribution in [0.25, 0.3) is 11.2 Å². The molecule has 0 unspecified atom stereocenters. The Balaban J connectivity index is 1.71. The summed E-state index contributed by atoms with van der Waals surface area (Å²) in [7, 11) is 3.12. The predicted molar refractivity (Wildman–Crippen MR) is 118 cm³/mol. The maximum atomic E-state index is 13.6. The number of amides is 1. The molecule has 0 aliphatic carbocycles. The number of fused-ring (bicyclic) bond motifs is 1. The van der Waals surface area contributed by atoms with Gasteiger partial charge in [0, 0.05) is 18.8 Å². The number of aliphatic hydroxyl groups is 1. The lowest BCUT2D eigenvalue weighted by molar-refractivity contribution is -0.0811. The van der Waals surface area contributed by atoms with Gasteiger partial charge < -0.3 is 28.8 Å². The number of benzene rings is 1. The third kappa shape index (κ3) is 3.89. The van der Waals surface area contributed by atoms with Crippen LogP contribution in [0.2, 0.25) is 0 Å². The van der Waals surface area contributed by atoms with E-state index >= 15 is 0 Å². The number of aromatic nitrogens is 3. The Morgan fingerprint density at radius 1 is 1.22 bits per heavy atom. The van der Waals surface area contributed by atoms with Gasteiger partial charge in [-0.2, -0.15) is 0 Å². The van der Waals surface area contributed by atoms with Gasteiger partial charge in [-0.15, -0.1) is 0 Å². The SMILES string of the molecule is COc1ccc([C@H]2[C@H](CO)OCCN2C(=O)c2cnc3c(c2)ncn3C(C)C)cc1OC. The van der Waals surface area contributed by atoms with Crippen LogP contribution in [-0.4, -0.2) is 70.5 Å². The highest BCUT2D eigenvalue weighted by Gasteiger charge is 2.37. The van der Waals surface area contributed by atoms with Crippen LogP contribution < -0.4 is 9.47 Å². The molecule has 9 nitrogen and oxygen atoms in total. The first kappa shape index (κ1) is 22.0. The van der Waals surface area contributed by atoms with Crippen LogP contribution in [0.5, 0.6) is 11.5 Å². The highest BCUT2D eigenvalue weighted by molar-refractivity contribution is 5.96. The third-order valence-electron chi connectivity index (χ3n) is 5.76. The number of ether oxygens (including phenoxy) is 3. The Morgan fingerprint density at radius 3 is 2.69 bits per heavy atom. The minimum Gasteiger partial charge on any atom is -0.493 e. The van der Waals surface area contributed by atoms with Crippen molar-refractivity contribution in [3.05, 3.63) is 47.9 Å². The highest BCUT2D eigenvalue weighted by atomic mass is 16.5. The Labute approximate surface area is 186 Å². The van der Waals surface area contributed by atoms with Gasteiger partial charge in [0.25, 0.3) is 5.91 Å². The fourth-order valence-electron chi connectivity index (χ4n) is 4.12. The van der Waals surface area contributed by atoms with Gasteiger partial charge in [-0.05, 0) is 37.6 Å². The number of hydrogen-bond donors (Lipinski definition) is 1. The molecular formula is C23H28N4O5. The van der Waals surface area contributed by atoms with E-state index in [1.165, 1.54) is 0 Å². The summed E-state index contributed by atoms with van der Waals surface area (Å²) in [6, 6.07) is 6.94. The number of nitrogens with zero attached hydrogens (tertiary/aromatic N) is 4. The minimum atomic E-state index is -0.567. The normalized spacial score (nSPS) is 18.9. The van der Waals surface area contributed by atoms with Gasteiger partial charge in [-0.1, -0.05) is 6.07 Å². The molecule has 1 N–H and O–H groups in total.